The van der Waals surface area contributed by atoms with Crippen molar-refractivity contribution < 1.29 is 0 Å². The van der Waals surface area contributed by atoms with Crippen molar-refractivity contribution in [3.63, 3.8) is 0 Å². The molecule has 0 unspecified atom stereocenters. The second kappa shape index (κ2) is 6.17. The van der Waals surface area contributed by atoms with Gasteiger partial charge in [0.1, 0.15) is 0 Å². The molecule has 0 N–H and O–H groups in total. The van der Waals surface area contributed by atoms with Crippen molar-refractivity contribution in [1.29, 1.82) is 10.5 Å². The van der Waals surface area contributed by atoms with Crippen LogP contribution in [0.3, 0.4) is 0 Å². The summed E-state index contributed by atoms with van der Waals surface area (Å²) >= 11 is 2.24. The largest absolute Gasteiger partial charge is 0.192 e. The molecule has 0 saturated carbocycles. The van der Waals surface area contributed by atoms with Gasteiger partial charge in [-0.1, -0.05) is 30.3 Å². The van der Waals surface area contributed by atoms with Crippen molar-refractivity contribution in [1.82, 2.24) is 0 Å². The normalized spacial score (nSPS) is 10.6. The molecule has 19 heavy (non-hydrogen) atoms. The summed E-state index contributed by atoms with van der Waals surface area (Å²) in [5.41, 5.74) is 3.02. The first-order valence-electron chi connectivity index (χ1n) is 5.61. The molecule has 0 radical (unpaired) electrons. The van der Waals surface area contributed by atoms with Crippen LogP contribution in [0.5, 0.6) is 0 Å². The minimum atomic E-state index is 0.591. The molecule has 2 rings (SSSR count). The maximum Gasteiger partial charge on any atom is 0.0998 e. The Morgan fingerprint density at radius 2 is 1.68 bits per heavy atom. The fourth-order valence-corrected chi connectivity index (χ4v) is 2.20. The minimum Gasteiger partial charge on any atom is -0.192 e. The standard InChI is InChI=1S/C16H9IN2/c17-16-4-2-1-3-14(16)9-15(11-19)13-7-5-12(10-18)6-8-13/h1-9H/b15-9+. The third kappa shape index (κ3) is 3.21. The lowest BCUT2D eigenvalue weighted by molar-refractivity contribution is 1.47. The Morgan fingerprint density at radius 1 is 1.00 bits per heavy atom. The molecule has 0 aliphatic rings. The van der Waals surface area contributed by atoms with Crippen LogP contribution >= 0.6 is 22.6 Å². The Morgan fingerprint density at radius 3 is 2.26 bits per heavy atom. The molecule has 2 nitrogen and oxygen atoms in total. The van der Waals surface area contributed by atoms with E-state index in [0.717, 1.165) is 14.7 Å². The fraction of sp³-hybridized carbons (Fsp3) is 0. The second-order valence-electron chi connectivity index (χ2n) is 3.88. The fourth-order valence-electron chi connectivity index (χ4n) is 1.65. The number of nitrogens with zero attached hydrogens (tertiary/aromatic N) is 2. The average Bonchev–Trinajstić information content (AvgIpc) is 2.47. The monoisotopic (exact) mass is 356 g/mol. The Bertz CT molecular complexity index is 701. The van der Waals surface area contributed by atoms with E-state index in [1.54, 1.807) is 24.3 Å². The maximum absolute atomic E-state index is 9.27. The molecule has 0 heterocycles. The van der Waals surface area contributed by atoms with Crippen LogP contribution in [0.4, 0.5) is 0 Å². The molecule has 2 aromatic carbocycles. The number of halogens is 1. The lowest BCUT2D eigenvalue weighted by Gasteiger charge is -2.01. The van der Waals surface area contributed by atoms with E-state index < -0.39 is 0 Å². The molecule has 0 aromatic heterocycles. The summed E-state index contributed by atoms with van der Waals surface area (Å²) in [7, 11) is 0. The number of allylic oxidation sites excluding steroid dienone is 1. The van der Waals surface area contributed by atoms with Gasteiger partial charge in [0.2, 0.25) is 0 Å². The van der Waals surface area contributed by atoms with E-state index in [9.17, 15) is 5.26 Å². The van der Waals surface area contributed by atoms with Gasteiger partial charge in [-0.15, -0.1) is 0 Å². The van der Waals surface area contributed by atoms with Crippen molar-refractivity contribution in [2.75, 3.05) is 0 Å². The van der Waals surface area contributed by atoms with Crippen LogP contribution in [0, 0.1) is 26.2 Å². The molecule has 0 spiro atoms. The summed E-state index contributed by atoms with van der Waals surface area (Å²) < 4.78 is 1.10. The van der Waals surface area contributed by atoms with E-state index >= 15 is 0 Å². The van der Waals surface area contributed by atoms with Crippen molar-refractivity contribution in [2.45, 2.75) is 0 Å². The number of nitriles is 2. The Hall–Kier alpha value is -2.11. The third-order valence-corrected chi connectivity index (χ3v) is 3.63. The molecule has 3 heteroatoms. The highest BCUT2D eigenvalue weighted by molar-refractivity contribution is 14.1. The van der Waals surface area contributed by atoms with E-state index in [1.807, 2.05) is 30.3 Å². The zero-order chi connectivity index (χ0) is 13.7. The quantitative estimate of drug-likeness (QED) is 0.459. The highest BCUT2D eigenvalue weighted by Crippen LogP contribution is 2.21. The van der Waals surface area contributed by atoms with Crippen molar-refractivity contribution in [3.8, 4) is 12.1 Å². The number of hydrogen-bond acceptors (Lipinski definition) is 2. The van der Waals surface area contributed by atoms with Crippen LogP contribution in [-0.4, -0.2) is 0 Å². The third-order valence-electron chi connectivity index (χ3n) is 2.65. The van der Waals surface area contributed by atoms with Gasteiger partial charge in [-0.25, -0.2) is 0 Å². The van der Waals surface area contributed by atoms with E-state index in [-0.39, 0.29) is 0 Å². The summed E-state index contributed by atoms with van der Waals surface area (Å²) in [5, 5.41) is 18.0. The van der Waals surface area contributed by atoms with E-state index in [4.69, 9.17) is 5.26 Å². The van der Waals surface area contributed by atoms with Crippen molar-refractivity contribution >= 4 is 34.2 Å². The second-order valence-corrected chi connectivity index (χ2v) is 5.04. The number of hydrogen-bond donors (Lipinski definition) is 0. The molecule has 0 aliphatic heterocycles. The molecule has 0 fully saturated rings. The molecule has 0 saturated heterocycles. The van der Waals surface area contributed by atoms with Gasteiger partial charge >= 0.3 is 0 Å². The molecule has 0 atom stereocenters. The first-order valence-corrected chi connectivity index (χ1v) is 6.69. The van der Waals surface area contributed by atoms with Crippen LogP contribution in [0.1, 0.15) is 16.7 Å². The highest BCUT2D eigenvalue weighted by atomic mass is 127. The lowest BCUT2D eigenvalue weighted by atomic mass is 10.0. The summed E-state index contributed by atoms with van der Waals surface area (Å²) in [6.45, 7) is 0. The van der Waals surface area contributed by atoms with E-state index in [1.165, 1.54) is 0 Å². The SMILES string of the molecule is N#C/C(=C\c1ccccc1I)c1ccc(C#N)cc1. The predicted molar refractivity (Wildman–Crippen MR) is 83.8 cm³/mol. The first kappa shape index (κ1) is 13.3. The molecule has 2 aromatic rings. The maximum atomic E-state index is 9.27. The van der Waals surface area contributed by atoms with Gasteiger partial charge < -0.3 is 0 Å². The summed E-state index contributed by atoms with van der Waals surface area (Å²) in [4.78, 5) is 0. The van der Waals surface area contributed by atoms with Crippen LogP contribution in [0.25, 0.3) is 11.6 Å². The van der Waals surface area contributed by atoms with Gasteiger partial charge in [0.15, 0.2) is 0 Å². The zero-order valence-electron chi connectivity index (χ0n) is 9.97. The molecular formula is C16H9IN2. The summed E-state index contributed by atoms with van der Waals surface area (Å²) in [5.74, 6) is 0. The average molecular weight is 356 g/mol. The van der Waals surface area contributed by atoms with Crippen molar-refractivity contribution in [3.05, 3.63) is 68.8 Å². The van der Waals surface area contributed by atoms with Crippen molar-refractivity contribution in [2.24, 2.45) is 0 Å². The van der Waals surface area contributed by atoms with Gasteiger partial charge in [0.05, 0.1) is 23.3 Å². The Kier molecular flexibility index (Phi) is 4.33. The van der Waals surface area contributed by atoms with Gasteiger partial charge in [0, 0.05) is 3.57 Å². The Balaban J connectivity index is 2.43. The topological polar surface area (TPSA) is 47.6 Å². The van der Waals surface area contributed by atoms with Crippen LogP contribution in [0.15, 0.2) is 48.5 Å². The summed E-state index contributed by atoms with van der Waals surface area (Å²) in [6.07, 6.45) is 1.86. The summed E-state index contributed by atoms with van der Waals surface area (Å²) in [6, 6.07) is 19.2. The zero-order valence-corrected chi connectivity index (χ0v) is 12.1. The van der Waals surface area contributed by atoms with E-state index in [2.05, 4.69) is 34.7 Å². The molecular weight excluding hydrogens is 347 g/mol. The number of benzene rings is 2. The van der Waals surface area contributed by atoms with Gasteiger partial charge in [-0.05, 0) is 58.0 Å². The first-order chi connectivity index (χ1) is 9.24. The highest BCUT2D eigenvalue weighted by Gasteiger charge is 2.03. The molecule has 90 valence electrons. The minimum absolute atomic E-state index is 0.591. The lowest BCUT2D eigenvalue weighted by Crippen LogP contribution is -1.85. The molecule has 0 amide bonds. The van der Waals surface area contributed by atoms with Gasteiger partial charge in [-0.2, -0.15) is 10.5 Å². The van der Waals surface area contributed by atoms with Crippen LogP contribution in [-0.2, 0) is 0 Å². The van der Waals surface area contributed by atoms with Gasteiger partial charge in [0.25, 0.3) is 0 Å². The molecule has 0 bridgehead atoms. The smallest absolute Gasteiger partial charge is 0.0998 e. The van der Waals surface area contributed by atoms with Gasteiger partial charge in [-0.3, -0.25) is 0 Å². The predicted octanol–water partition coefficient (Wildman–Crippen LogP) is 4.23. The molecule has 0 aliphatic carbocycles. The Labute approximate surface area is 125 Å². The van der Waals surface area contributed by atoms with Crippen LogP contribution < -0.4 is 0 Å². The number of rotatable bonds is 2. The van der Waals surface area contributed by atoms with E-state index in [0.29, 0.717) is 11.1 Å². The van der Waals surface area contributed by atoms with Crippen LogP contribution in [0.2, 0.25) is 0 Å².